The van der Waals surface area contributed by atoms with Crippen molar-refractivity contribution in [2.24, 2.45) is 0 Å². The number of nitrogens with zero attached hydrogens (tertiary/aromatic N) is 1. The van der Waals surface area contributed by atoms with Gasteiger partial charge in [-0.3, -0.25) is 19.7 Å². The highest BCUT2D eigenvalue weighted by Gasteiger charge is 2.15. The Bertz CT molecular complexity index is 759. The van der Waals surface area contributed by atoms with Crippen LogP contribution < -0.4 is 15.4 Å². The summed E-state index contributed by atoms with van der Waals surface area (Å²) >= 11 is 0. The van der Waals surface area contributed by atoms with Crippen LogP contribution in [0.2, 0.25) is 0 Å². The Kier molecular flexibility index (Phi) is 5.45. The molecule has 124 valence electrons. The van der Waals surface area contributed by atoms with Gasteiger partial charge in [-0.15, -0.1) is 0 Å². The van der Waals surface area contributed by atoms with Gasteiger partial charge in [0.25, 0.3) is 5.69 Å². The van der Waals surface area contributed by atoms with Crippen molar-refractivity contribution >= 4 is 23.2 Å². The maximum absolute atomic E-state index is 11.8. The molecule has 0 aromatic heterocycles. The molecule has 2 rings (SSSR count). The Morgan fingerprint density at radius 2 is 1.75 bits per heavy atom. The molecule has 0 aliphatic rings. The van der Waals surface area contributed by atoms with Crippen LogP contribution in [0.15, 0.2) is 48.5 Å². The summed E-state index contributed by atoms with van der Waals surface area (Å²) in [5.74, 6) is -1.08. The van der Waals surface area contributed by atoms with E-state index in [9.17, 15) is 19.7 Å². The normalized spacial score (nSPS) is 9.88. The van der Waals surface area contributed by atoms with Crippen molar-refractivity contribution in [3.8, 4) is 5.75 Å². The van der Waals surface area contributed by atoms with Gasteiger partial charge in [0.1, 0.15) is 5.75 Å². The SMILES string of the molecule is COc1ccccc1CNC(=O)C(=O)Nc1ccc([N+](=O)[O-])cc1. The highest BCUT2D eigenvalue weighted by Crippen LogP contribution is 2.17. The fourth-order valence-corrected chi connectivity index (χ4v) is 1.96. The number of nitrogens with one attached hydrogen (secondary N) is 2. The number of methoxy groups -OCH3 is 1. The molecule has 0 heterocycles. The summed E-state index contributed by atoms with van der Waals surface area (Å²) in [6.45, 7) is 0.135. The summed E-state index contributed by atoms with van der Waals surface area (Å²) in [4.78, 5) is 33.7. The number of ether oxygens (including phenoxy) is 1. The topological polar surface area (TPSA) is 111 Å². The smallest absolute Gasteiger partial charge is 0.313 e. The molecule has 2 amide bonds. The fraction of sp³-hybridized carbons (Fsp3) is 0.125. The van der Waals surface area contributed by atoms with E-state index < -0.39 is 16.7 Å². The third-order valence-electron chi connectivity index (χ3n) is 3.17. The average molecular weight is 329 g/mol. The van der Waals surface area contributed by atoms with Crippen LogP contribution in [0.25, 0.3) is 0 Å². The van der Waals surface area contributed by atoms with Gasteiger partial charge < -0.3 is 15.4 Å². The monoisotopic (exact) mass is 329 g/mol. The quantitative estimate of drug-likeness (QED) is 0.494. The Morgan fingerprint density at radius 1 is 1.08 bits per heavy atom. The standard InChI is InChI=1S/C16H15N3O5/c1-24-14-5-3-2-4-11(14)10-17-15(20)16(21)18-12-6-8-13(9-7-12)19(22)23/h2-9H,10H2,1H3,(H,17,20)(H,18,21). The largest absolute Gasteiger partial charge is 0.496 e. The fourth-order valence-electron chi connectivity index (χ4n) is 1.96. The van der Waals surface area contributed by atoms with Gasteiger partial charge in [-0.25, -0.2) is 0 Å². The van der Waals surface area contributed by atoms with E-state index in [-0.39, 0.29) is 17.9 Å². The van der Waals surface area contributed by atoms with Gasteiger partial charge in [0.05, 0.1) is 12.0 Å². The van der Waals surface area contributed by atoms with E-state index in [1.165, 1.54) is 31.4 Å². The predicted molar refractivity (Wildman–Crippen MR) is 86.6 cm³/mol. The third-order valence-corrected chi connectivity index (χ3v) is 3.17. The lowest BCUT2D eigenvalue weighted by Crippen LogP contribution is -2.35. The minimum Gasteiger partial charge on any atom is -0.496 e. The molecule has 8 heteroatoms. The molecule has 0 radical (unpaired) electrons. The number of nitro benzene ring substituents is 1. The van der Waals surface area contributed by atoms with Gasteiger partial charge in [-0.05, 0) is 18.2 Å². The van der Waals surface area contributed by atoms with E-state index in [2.05, 4.69) is 10.6 Å². The van der Waals surface area contributed by atoms with Crippen molar-refractivity contribution < 1.29 is 19.2 Å². The van der Waals surface area contributed by atoms with Gasteiger partial charge in [0, 0.05) is 29.9 Å². The van der Waals surface area contributed by atoms with Gasteiger partial charge in [-0.1, -0.05) is 18.2 Å². The van der Waals surface area contributed by atoms with Gasteiger partial charge in [0.15, 0.2) is 0 Å². The number of non-ortho nitro benzene ring substituents is 1. The molecule has 2 aromatic rings. The first kappa shape index (κ1) is 16.9. The van der Waals surface area contributed by atoms with E-state index in [1.807, 2.05) is 0 Å². The maximum Gasteiger partial charge on any atom is 0.313 e. The van der Waals surface area contributed by atoms with Crippen LogP contribution >= 0.6 is 0 Å². The van der Waals surface area contributed by atoms with Crippen molar-refractivity contribution in [1.29, 1.82) is 0 Å². The zero-order chi connectivity index (χ0) is 17.5. The molecule has 8 nitrogen and oxygen atoms in total. The number of carbonyl (C=O) groups excluding carboxylic acids is 2. The highest BCUT2D eigenvalue weighted by atomic mass is 16.6. The number of hydrogen-bond donors (Lipinski definition) is 2. The summed E-state index contributed by atoms with van der Waals surface area (Å²) in [5, 5.41) is 15.4. The van der Waals surface area contributed by atoms with Crippen LogP contribution in [-0.2, 0) is 16.1 Å². The number of hydrogen-bond acceptors (Lipinski definition) is 5. The molecule has 2 aromatic carbocycles. The summed E-state index contributed by atoms with van der Waals surface area (Å²) in [7, 11) is 1.52. The van der Waals surface area contributed by atoms with E-state index in [0.717, 1.165) is 5.56 Å². The van der Waals surface area contributed by atoms with E-state index >= 15 is 0 Å². The Balaban J connectivity index is 1.92. The number of carbonyl (C=O) groups is 2. The van der Waals surface area contributed by atoms with Crippen molar-refractivity contribution in [3.05, 3.63) is 64.2 Å². The van der Waals surface area contributed by atoms with Crippen LogP contribution in [0, 0.1) is 10.1 Å². The maximum atomic E-state index is 11.8. The minimum atomic E-state index is -0.862. The number of nitro groups is 1. The molecule has 0 atom stereocenters. The summed E-state index contributed by atoms with van der Waals surface area (Å²) in [5.41, 5.74) is 0.920. The molecular formula is C16H15N3O5. The number of anilines is 1. The van der Waals surface area contributed by atoms with Crippen molar-refractivity contribution in [1.82, 2.24) is 5.32 Å². The molecule has 2 N–H and O–H groups in total. The predicted octanol–water partition coefficient (Wildman–Crippen LogP) is 1.86. The lowest BCUT2D eigenvalue weighted by Gasteiger charge is -2.09. The molecular weight excluding hydrogens is 314 g/mol. The van der Waals surface area contributed by atoms with Crippen molar-refractivity contribution in [2.45, 2.75) is 6.54 Å². The number of amides is 2. The first-order valence-electron chi connectivity index (χ1n) is 6.97. The molecule has 24 heavy (non-hydrogen) atoms. The first-order valence-corrected chi connectivity index (χ1v) is 6.97. The molecule has 0 spiro atoms. The van der Waals surface area contributed by atoms with Gasteiger partial charge in [-0.2, -0.15) is 0 Å². The highest BCUT2D eigenvalue weighted by molar-refractivity contribution is 6.39. The van der Waals surface area contributed by atoms with Gasteiger partial charge in [0.2, 0.25) is 0 Å². The van der Waals surface area contributed by atoms with Crippen LogP contribution in [0.5, 0.6) is 5.75 Å². The number of para-hydroxylation sites is 1. The second-order valence-corrected chi connectivity index (χ2v) is 4.75. The summed E-state index contributed by atoms with van der Waals surface area (Å²) in [6, 6.07) is 12.3. The zero-order valence-electron chi connectivity index (χ0n) is 12.8. The van der Waals surface area contributed by atoms with Crippen LogP contribution in [0.1, 0.15) is 5.56 Å². The number of benzene rings is 2. The lowest BCUT2D eigenvalue weighted by molar-refractivity contribution is -0.384. The molecule has 0 aliphatic heterocycles. The van der Waals surface area contributed by atoms with Crippen LogP contribution in [-0.4, -0.2) is 23.8 Å². The summed E-state index contributed by atoms with van der Waals surface area (Å²) < 4.78 is 5.16. The second kappa shape index (κ2) is 7.73. The van der Waals surface area contributed by atoms with Crippen molar-refractivity contribution in [2.75, 3.05) is 12.4 Å². The van der Waals surface area contributed by atoms with Crippen molar-refractivity contribution in [3.63, 3.8) is 0 Å². The van der Waals surface area contributed by atoms with Crippen LogP contribution in [0.4, 0.5) is 11.4 Å². The number of rotatable bonds is 5. The Labute approximate surface area is 137 Å². The Morgan fingerprint density at radius 3 is 2.38 bits per heavy atom. The molecule has 0 bridgehead atoms. The average Bonchev–Trinajstić information content (AvgIpc) is 2.60. The molecule has 0 saturated heterocycles. The lowest BCUT2D eigenvalue weighted by atomic mass is 10.2. The minimum absolute atomic E-state index is 0.103. The van der Waals surface area contributed by atoms with E-state index in [1.54, 1.807) is 24.3 Å². The Hall–Kier alpha value is -3.42. The first-order chi connectivity index (χ1) is 11.5. The molecule has 0 unspecified atom stereocenters. The third kappa shape index (κ3) is 4.29. The van der Waals surface area contributed by atoms with Gasteiger partial charge >= 0.3 is 11.8 Å². The zero-order valence-corrected chi connectivity index (χ0v) is 12.8. The molecule has 0 saturated carbocycles. The van der Waals surface area contributed by atoms with E-state index in [4.69, 9.17) is 4.74 Å². The van der Waals surface area contributed by atoms with Crippen LogP contribution in [0.3, 0.4) is 0 Å². The van der Waals surface area contributed by atoms with E-state index in [0.29, 0.717) is 5.75 Å². The summed E-state index contributed by atoms with van der Waals surface area (Å²) in [6.07, 6.45) is 0. The second-order valence-electron chi connectivity index (χ2n) is 4.75. The molecule has 0 fully saturated rings. The molecule has 0 aliphatic carbocycles.